The Labute approximate surface area is 353 Å². The fourth-order valence-electron chi connectivity index (χ4n) is 9.12. The van der Waals surface area contributed by atoms with Crippen LogP contribution in [-0.4, -0.2) is 66.8 Å². The molecule has 9 rings (SSSR count). The maximum atomic E-state index is 13.1. The number of nitrogens with zero attached hydrogens (tertiary/aromatic N) is 9. The van der Waals surface area contributed by atoms with Crippen molar-refractivity contribution < 1.29 is 9.53 Å². The number of carbonyl (C=O) groups is 1. The molecule has 1 amide bonds. The maximum Gasteiger partial charge on any atom is 0.272 e. The number of anilines is 1. The zero-order valence-corrected chi connectivity index (χ0v) is 35.2. The highest BCUT2D eigenvalue weighted by molar-refractivity contribution is 7.15. The zero-order valence-electron chi connectivity index (χ0n) is 33.6. The summed E-state index contributed by atoms with van der Waals surface area (Å²) in [6.45, 7) is 10.2. The number of carbonyl (C=O) groups excluding carboxylic acids is 1. The number of rotatable bonds is 6. The smallest absolute Gasteiger partial charge is 0.272 e. The first-order valence-electron chi connectivity index (χ1n) is 20.4. The minimum atomic E-state index is -0.205. The van der Waals surface area contributed by atoms with Gasteiger partial charge in [-0.05, 0) is 126 Å². The molecule has 1 saturated heterocycles. The van der Waals surface area contributed by atoms with Crippen LogP contribution in [0.5, 0.6) is 5.75 Å². The van der Waals surface area contributed by atoms with Crippen LogP contribution in [0.25, 0.3) is 5.00 Å². The van der Waals surface area contributed by atoms with Crippen molar-refractivity contribution in [3.63, 3.8) is 0 Å². The molecule has 3 fully saturated rings. The number of pyridine rings is 1. The summed E-state index contributed by atoms with van der Waals surface area (Å²) >= 11 is 7.92. The predicted octanol–water partition coefficient (Wildman–Crippen LogP) is 8.04. The van der Waals surface area contributed by atoms with Gasteiger partial charge in [0.1, 0.15) is 28.7 Å². The van der Waals surface area contributed by atoms with Crippen molar-refractivity contribution in [2.75, 3.05) is 18.0 Å². The van der Waals surface area contributed by atoms with Crippen molar-refractivity contribution in [2.24, 2.45) is 16.3 Å². The van der Waals surface area contributed by atoms with E-state index in [-0.39, 0.29) is 29.5 Å². The molecule has 5 aromatic rings. The summed E-state index contributed by atoms with van der Waals surface area (Å²) in [6.07, 6.45) is 9.50. The lowest BCUT2D eigenvalue weighted by molar-refractivity contribution is 0.0684. The summed E-state index contributed by atoms with van der Waals surface area (Å²) < 4.78 is 8.25. The van der Waals surface area contributed by atoms with Crippen molar-refractivity contribution in [2.45, 2.75) is 97.2 Å². The topological polar surface area (TPSA) is 147 Å². The molecule has 4 aromatic heterocycles. The first-order valence-corrected chi connectivity index (χ1v) is 21.6. The van der Waals surface area contributed by atoms with Crippen LogP contribution >= 0.6 is 22.9 Å². The van der Waals surface area contributed by atoms with Gasteiger partial charge in [-0.3, -0.25) is 19.3 Å². The maximum absolute atomic E-state index is 13.1. The van der Waals surface area contributed by atoms with E-state index in [4.69, 9.17) is 31.6 Å². The van der Waals surface area contributed by atoms with Crippen LogP contribution in [0.2, 0.25) is 5.02 Å². The van der Waals surface area contributed by atoms with Crippen LogP contribution in [0.4, 0.5) is 5.82 Å². The highest BCUT2D eigenvalue weighted by atomic mass is 35.5. The predicted molar refractivity (Wildman–Crippen MR) is 228 cm³/mol. The number of thiophene rings is 1. The minimum Gasteiger partial charge on any atom is -0.490 e. The number of piperidine rings is 1. The summed E-state index contributed by atoms with van der Waals surface area (Å²) in [7, 11) is 0. The van der Waals surface area contributed by atoms with E-state index in [9.17, 15) is 4.79 Å². The molecule has 0 radical (unpaired) electrons. The molecule has 4 aliphatic rings. The van der Waals surface area contributed by atoms with Gasteiger partial charge in [-0.1, -0.05) is 23.4 Å². The fourth-order valence-corrected chi connectivity index (χ4v) is 10.6. The second-order valence-corrected chi connectivity index (χ2v) is 18.1. The molecular formula is C45H45ClN10O2S. The van der Waals surface area contributed by atoms with Crippen molar-refractivity contribution in [1.82, 2.24) is 35.3 Å². The number of hydrogen-bond donors (Lipinski definition) is 1. The van der Waals surface area contributed by atoms with Crippen LogP contribution in [0.15, 0.2) is 53.7 Å². The molecule has 2 aliphatic heterocycles. The third kappa shape index (κ3) is 7.70. The minimum absolute atomic E-state index is 0.0322. The largest absolute Gasteiger partial charge is 0.490 e. The van der Waals surface area contributed by atoms with Gasteiger partial charge in [0.2, 0.25) is 0 Å². The van der Waals surface area contributed by atoms with E-state index in [2.05, 4.69) is 79.9 Å². The molecule has 1 spiro atoms. The Balaban J connectivity index is 0.772. The summed E-state index contributed by atoms with van der Waals surface area (Å²) in [5.74, 6) is 10.3. The lowest BCUT2D eigenvalue weighted by atomic mass is 9.58. The van der Waals surface area contributed by atoms with Crippen molar-refractivity contribution in [3.8, 4) is 28.7 Å². The van der Waals surface area contributed by atoms with E-state index in [0.717, 1.165) is 103 Å². The number of benzene rings is 1. The van der Waals surface area contributed by atoms with Gasteiger partial charge in [-0.2, -0.15) is 5.26 Å². The summed E-state index contributed by atoms with van der Waals surface area (Å²) in [4.78, 5) is 26.7. The van der Waals surface area contributed by atoms with E-state index in [1.54, 1.807) is 35.6 Å². The summed E-state index contributed by atoms with van der Waals surface area (Å²) in [5.41, 5.74) is 5.91. The molecule has 300 valence electrons. The standard InChI is InChI=1S/C45H45ClN10O2S/c1-26-28(3)59-44-40(26)41(49-27(2)42-54-51-29(4)56(42)44)37-15-8-30(24-48-37)6-7-31-21-45(22-31)18-5-19-55(25-45)39-17-16-38(52-53-39)43(57)50-33-10-13-34(14-11-33)58-35-12-9-32(23-47)36(46)20-35/h8-9,12,15-17,20,24,27,31,33-34H,5,10-11,13-14,18-19,21-22,25H2,1-4H3,(H,50,57). The number of aliphatic imine (C=N–C) groups is 1. The third-order valence-corrected chi connectivity index (χ3v) is 13.9. The monoisotopic (exact) mass is 824 g/mol. The molecule has 12 nitrogen and oxygen atoms in total. The highest BCUT2D eigenvalue weighted by Gasteiger charge is 2.46. The second kappa shape index (κ2) is 15.9. The lowest BCUT2D eigenvalue weighted by Crippen LogP contribution is -2.50. The van der Waals surface area contributed by atoms with Crippen LogP contribution in [0.1, 0.15) is 119 Å². The number of fused-ring (bicyclic) bond motifs is 3. The number of amides is 1. The Morgan fingerprint density at radius 3 is 2.59 bits per heavy atom. The fraction of sp³-hybridized carbons (Fsp3) is 0.422. The first kappa shape index (κ1) is 38.9. The SMILES string of the molecule is Cc1sc2c(c1C)C(c1ccc(C#CC3CC4(CCCN(c5ccc(C(=O)NC6CCC(Oc7ccc(C#N)c(Cl)c7)CC6)nn5)C4)C3)cn1)=NC(C)c1nnc(C)n1-2. The number of ether oxygens (including phenoxy) is 1. The molecule has 0 bridgehead atoms. The molecule has 2 aliphatic carbocycles. The Bertz CT molecular complexity index is 2550. The van der Waals surface area contributed by atoms with Crippen LogP contribution in [0.3, 0.4) is 0 Å². The van der Waals surface area contributed by atoms with E-state index in [1.807, 2.05) is 25.3 Å². The number of hydrogen-bond acceptors (Lipinski definition) is 11. The van der Waals surface area contributed by atoms with Crippen molar-refractivity contribution in [3.05, 3.63) is 104 Å². The third-order valence-electron chi connectivity index (χ3n) is 12.4. The molecule has 1 N–H and O–H groups in total. The average molecular weight is 825 g/mol. The van der Waals surface area contributed by atoms with Gasteiger partial charge in [0, 0.05) is 53.3 Å². The van der Waals surface area contributed by atoms with E-state index >= 15 is 0 Å². The molecule has 59 heavy (non-hydrogen) atoms. The number of nitrogens with one attached hydrogen (secondary N) is 1. The molecule has 6 heterocycles. The lowest BCUT2D eigenvalue weighted by Gasteiger charge is -2.51. The molecule has 2 saturated carbocycles. The Morgan fingerprint density at radius 1 is 1.03 bits per heavy atom. The Hall–Kier alpha value is -5.63. The van der Waals surface area contributed by atoms with Gasteiger partial charge < -0.3 is 15.0 Å². The summed E-state index contributed by atoms with van der Waals surface area (Å²) in [6, 6.07) is 14.9. The zero-order chi connectivity index (χ0) is 40.8. The summed E-state index contributed by atoms with van der Waals surface area (Å²) in [5, 5.41) is 31.4. The van der Waals surface area contributed by atoms with Gasteiger partial charge in [0.15, 0.2) is 17.3 Å². The quantitative estimate of drug-likeness (QED) is 0.168. The number of aryl methyl sites for hydroxylation is 2. The Morgan fingerprint density at radius 2 is 1.86 bits per heavy atom. The first-order chi connectivity index (χ1) is 28.6. The van der Waals surface area contributed by atoms with E-state index in [0.29, 0.717) is 27.9 Å². The molecule has 1 atom stereocenters. The van der Waals surface area contributed by atoms with Gasteiger partial charge in [-0.15, -0.1) is 31.7 Å². The highest BCUT2D eigenvalue weighted by Crippen LogP contribution is 2.51. The van der Waals surface area contributed by atoms with E-state index < -0.39 is 0 Å². The normalized spacial score (nSPS) is 23.4. The van der Waals surface area contributed by atoms with Crippen LogP contribution in [-0.2, 0) is 0 Å². The van der Waals surface area contributed by atoms with Gasteiger partial charge >= 0.3 is 0 Å². The van der Waals surface area contributed by atoms with E-state index in [1.165, 1.54) is 16.9 Å². The second-order valence-electron chi connectivity index (χ2n) is 16.5. The molecule has 1 unspecified atom stereocenters. The molecule has 14 heteroatoms. The number of halogens is 1. The van der Waals surface area contributed by atoms with Crippen LogP contribution < -0.4 is 15.0 Å². The number of nitriles is 1. The van der Waals surface area contributed by atoms with Crippen LogP contribution in [0, 0.1) is 55.3 Å². The molecular weight excluding hydrogens is 780 g/mol. The van der Waals surface area contributed by atoms with Crippen molar-refractivity contribution >= 4 is 40.4 Å². The number of aromatic nitrogens is 6. The average Bonchev–Trinajstić information content (AvgIpc) is 3.72. The molecule has 1 aromatic carbocycles. The van der Waals surface area contributed by atoms with Gasteiger partial charge in [-0.25, -0.2) is 0 Å². The van der Waals surface area contributed by atoms with Gasteiger partial charge in [0.05, 0.1) is 28.1 Å². The van der Waals surface area contributed by atoms with Gasteiger partial charge in [0.25, 0.3) is 5.91 Å². The van der Waals surface area contributed by atoms with Crippen molar-refractivity contribution in [1.29, 1.82) is 5.26 Å². The Kier molecular flexibility index (Phi) is 10.4.